The van der Waals surface area contributed by atoms with Gasteiger partial charge < -0.3 is 15.0 Å². The van der Waals surface area contributed by atoms with Crippen molar-refractivity contribution in [2.75, 3.05) is 19.7 Å². The quantitative estimate of drug-likeness (QED) is 0.910. The Morgan fingerprint density at radius 1 is 1.45 bits per heavy atom. The summed E-state index contributed by atoms with van der Waals surface area (Å²) in [6.07, 6.45) is -0.0674. The fourth-order valence-corrected chi connectivity index (χ4v) is 2.54. The van der Waals surface area contributed by atoms with E-state index in [1.807, 2.05) is 30.9 Å². The van der Waals surface area contributed by atoms with Gasteiger partial charge in [0.15, 0.2) is 0 Å². The first-order valence-electron chi connectivity index (χ1n) is 7.31. The summed E-state index contributed by atoms with van der Waals surface area (Å²) in [6, 6.07) is 7.98. The molecule has 1 aliphatic heterocycles. The first-order valence-corrected chi connectivity index (χ1v) is 7.31. The van der Waals surface area contributed by atoms with E-state index in [0.29, 0.717) is 19.7 Å². The summed E-state index contributed by atoms with van der Waals surface area (Å²) < 4.78 is 5.57. The van der Waals surface area contributed by atoms with Gasteiger partial charge in [-0.15, -0.1) is 0 Å². The van der Waals surface area contributed by atoms with Crippen LogP contribution in [-0.2, 0) is 16.1 Å². The Kier molecular flexibility index (Phi) is 5.15. The Morgan fingerprint density at radius 2 is 2.20 bits per heavy atom. The van der Waals surface area contributed by atoms with E-state index in [1.165, 1.54) is 11.1 Å². The van der Waals surface area contributed by atoms with Gasteiger partial charge in [-0.3, -0.25) is 4.79 Å². The Labute approximate surface area is 121 Å². The van der Waals surface area contributed by atoms with Crippen molar-refractivity contribution < 1.29 is 9.53 Å². The van der Waals surface area contributed by atoms with Crippen LogP contribution in [0.15, 0.2) is 24.3 Å². The first-order chi connectivity index (χ1) is 9.63. The third-order valence-corrected chi connectivity index (χ3v) is 3.90. The van der Waals surface area contributed by atoms with Crippen molar-refractivity contribution in [2.24, 2.45) is 0 Å². The molecule has 1 aromatic carbocycles. The van der Waals surface area contributed by atoms with Gasteiger partial charge in [-0.25, -0.2) is 0 Å². The lowest BCUT2D eigenvalue weighted by molar-refractivity contribution is -0.139. The predicted octanol–water partition coefficient (Wildman–Crippen LogP) is 1.72. The van der Waals surface area contributed by atoms with Crippen molar-refractivity contribution in [2.45, 2.75) is 39.5 Å². The van der Waals surface area contributed by atoms with Gasteiger partial charge in [0, 0.05) is 19.6 Å². The topological polar surface area (TPSA) is 41.6 Å². The second-order valence-corrected chi connectivity index (χ2v) is 5.29. The van der Waals surface area contributed by atoms with E-state index in [4.69, 9.17) is 4.74 Å². The Bertz CT molecular complexity index is 462. The van der Waals surface area contributed by atoms with Crippen molar-refractivity contribution >= 4 is 5.91 Å². The van der Waals surface area contributed by atoms with Crippen LogP contribution < -0.4 is 5.32 Å². The smallest absolute Gasteiger partial charge is 0.242 e. The fourth-order valence-electron chi connectivity index (χ4n) is 2.54. The summed E-state index contributed by atoms with van der Waals surface area (Å²) in [5.41, 5.74) is 2.42. The highest BCUT2D eigenvalue weighted by Gasteiger charge is 2.31. The van der Waals surface area contributed by atoms with Crippen LogP contribution in [0.3, 0.4) is 0 Å². The maximum Gasteiger partial charge on any atom is 0.242 e. The number of amides is 1. The van der Waals surface area contributed by atoms with E-state index in [2.05, 4.69) is 24.4 Å². The van der Waals surface area contributed by atoms with Crippen LogP contribution in [0, 0.1) is 6.92 Å². The van der Waals surface area contributed by atoms with Gasteiger partial charge in [0.1, 0.15) is 6.04 Å². The molecule has 1 aliphatic rings. The molecule has 0 bridgehead atoms. The average Bonchev–Trinajstić information content (AvgIpc) is 2.46. The lowest BCUT2D eigenvalue weighted by Crippen LogP contribution is -2.56. The number of morpholine rings is 1. The van der Waals surface area contributed by atoms with Crippen molar-refractivity contribution in [3.63, 3.8) is 0 Å². The molecule has 0 spiro atoms. The van der Waals surface area contributed by atoms with Gasteiger partial charge in [-0.05, 0) is 31.9 Å². The van der Waals surface area contributed by atoms with Crippen molar-refractivity contribution in [1.29, 1.82) is 0 Å². The normalized spacial score (nSPS) is 22.6. The molecule has 4 nitrogen and oxygen atoms in total. The van der Waals surface area contributed by atoms with E-state index in [1.54, 1.807) is 0 Å². The van der Waals surface area contributed by atoms with Crippen LogP contribution in [0.25, 0.3) is 0 Å². The molecule has 4 heteroatoms. The molecular formula is C16H24N2O2. The molecule has 0 saturated carbocycles. The number of rotatable bonds is 4. The van der Waals surface area contributed by atoms with Gasteiger partial charge in [0.25, 0.3) is 0 Å². The molecule has 2 atom stereocenters. The number of aryl methyl sites for hydroxylation is 1. The number of ether oxygens (including phenoxy) is 1. The highest BCUT2D eigenvalue weighted by molar-refractivity contribution is 5.82. The van der Waals surface area contributed by atoms with Crippen LogP contribution in [0.5, 0.6) is 0 Å². The lowest BCUT2D eigenvalue weighted by Gasteiger charge is -2.33. The minimum Gasteiger partial charge on any atom is -0.375 e. The molecule has 1 saturated heterocycles. The second kappa shape index (κ2) is 6.86. The minimum absolute atomic E-state index is 0.0674. The number of carbonyl (C=O) groups is 1. The van der Waals surface area contributed by atoms with Crippen LogP contribution in [-0.4, -0.2) is 42.6 Å². The molecule has 1 N–H and O–H groups in total. The Balaban J connectivity index is 2.07. The summed E-state index contributed by atoms with van der Waals surface area (Å²) in [7, 11) is 0. The van der Waals surface area contributed by atoms with Crippen molar-refractivity contribution in [3.8, 4) is 0 Å². The van der Waals surface area contributed by atoms with Gasteiger partial charge in [-0.2, -0.15) is 0 Å². The maximum atomic E-state index is 12.6. The number of hydrogen-bond acceptors (Lipinski definition) is 3. The summed E-state index contributed by atoms with van der Waals surface area (Å²) in [5.74, 6) is 0.128. The summed E-state index contributed by atoms with van der Waals surface area (Å²) in [5, 5.41) is 3.27. The average molecular weight is 276 g/mol. The zero-order valence-corrected chi connectivity index (χ0v) is 12.6. The van der Waals surface area contributed by atoms with E-state index < -0.39 is 0 Å². The SMILES string of the molecule is CCN(Cc1ccccc1C)C(=O)[C@H]1NCCO[C@@H]1C. The number of likely N-dealkylation sites (N-methyl/N-ethyl adjacent to an activating group) is 1. The molecule has 1 heterocycles. The highest BCUT2D eigenvalue weighted by atomic mass is 16.5. The molecule has 1 amide bonds. The lowest BCUT2D eigenvalue weighted by atomic mass is 10.1. The molecule has 2 rings (SSSR count). The zero-order valence-electron chi connectivity index (χ0n) is 12.6. The van der Waals surface area contributed by atoms with Crippen LogP contribution in [0.4, 0.5) is 0 Å². The highest BCUT2D eigenvalue weighted by Crippen LogP contribution is 2.13. The van der Waals surface area contributed by atoms with Gasteiger partial charge >= 0.3 is 0 Å². The van der Waals surface area contributed by atoms with E-state index in [9.17, 15) is 4.79 Å². The number of benzene rings is 1. The molecule has 0 radical (unpaired) electrons. The molecule has 110 valence electrons. The zero-order chi connectivity index (χ0) is 14.5. The van der Waals surface area contributed by atoms with E-state index in [-0.39, 0.29) is 18.1 Å². The number of nitrogens with one attached hydrogen (secondary N) is 1. The number of carbonyl (C=O) groups excluding carboxylic acids is 1. The first kappa shape index (κ1) is 15.0. The van der Waals surface area contributed by atoms with E-state index in [0.717, 1.165) is 6.54 Å². The monoisotopic (exact) mass is 276 g/mol. The van der Waals surface area contributed by atoms with Crippen molar-refractivity contribution in [3.05, 3.63) is 35.4 Å². The summed E-state index contributed by atoms with van der Waals surface area (Å²) >= 11 is 0. The van der Waals surface area contributed by atoms with Crippen LogP contribution in [0.1, 0.15) is 25.0 Å². The van der Waals surface area contributed by atoms with Crippen LogP contribution >= 0.6 is 0 Å². The van der Waals surface area contributed by atoms with Gasteiger partial charge in [-0.1, -0.05) is 24.3 Å². The minimum atomic E-state index is -0.229. The maximum absolute atomic E-state index is 12.6. The predicted molar refractivity (Wildman–Crippen MR) is 79.5 cm³/mol. The summed E-state index contributed by atoms with van der Waals surface area (Å²) in [4.78, 5) is 14.5. The number of hydrogen-bond donors (Lipinski definition) is 1. The number of nitrogens with zero attached hydrogens (tertiary/aromatic N) is 1. The third kappa shape index (κ3) is 3.38. The Morgan fingerprint density at radius 3 is 2.85 bits per heavy atom. The van der Waals surface area contributed by atoms with Gasteiger partial charge in [0.05, 0.1) is 12.7 Å². The molecule has 20 heavy (non-hydrogen) atoms. The van der Waals surface area contributed by atoms with Crippen molar-refractivity contribution in [1.82, 2.24) is 10.2 Å². The second-order valence-electron chi connectivity index (χ2n) is 5.29. The summed E-state index contributed by atoms with van der Waals surface area (Å²) in [6.45, 7) is 8.83. The van der Waals surface area contributed by atoms with Gasteiger partial charge in [0.2, 0.25) is 5.91 Å². The van der Waals surface area contributed by atoms with Crippen LogP contribution in [0.2, 0.25) is 0 Å². The molecule has 0 aromatic heterocycles. The standard InChI is InChI=1S/C16H24N2O2/c1-4-18(11-14-8-6-5-7-12(14)2)16(19)15-13(3)20-10-9-17-15/h5-8,13,15,17H,4,9-11H2,1-3H3/t13-,15+/m1/s1. The largest absolute Gasteiger partial charge is 0.375 e. The third-order valence-electron chi connectivity index (χ3n) is 3.90. The Hall–Kier alpha value is -1.39. The molecule has 1 fully saturated rings. The molecular weight excluding hydrogens is 252 g/mol. The molecule has 0 aliphatic carbocycles. The fraction of sp³-hybridized carbons (Fsp3) is 0.562. The van der Waals surface area contributed by atoms with E-state index >= 15 is 0 Å². The molecule has 1 aromatic rings. The molecule has 0 unspecified atom stereocenters.